The lowest BCUT2D eigenvalue weighted by atomic mass is 10.1. The summed E-state index contributed by atoms with van der Waals surface area (Å²) in [7, 11) is 0. The van der Waals surface area contributed by atoms with Crippen molar-refractivity contribution in [2.45, 2.75) is 32.2 Å². The van der Waals surface area contributed by atoms with E-state index in [4.69, 9.17) is 0 Å². The Morgan fingerprint density at radius 1 is 1.07 bits per heavy atom. The molecule has 1 fully saturated rings. The van der Waals surface area contributed by atoms with Gasteiger partial charge in [-0.1, -0.05) is 6.92 Å². The van der Waals surface area contributed by atoms with Gasteiger partial charge in [0.1, 0.15) is 5.69 Å². The van der Waals surface area contributed by atoms with Crippen LogP contribution in [0.4, 0.5) is 22.7 Å². The molecule has 0 unspecified atom stereocenters. The molecule has 0 saturated heterocycles. The molecule has 0 bridgehead atoms. The summed E-state index contributed by atoms with van der Waals surface area (Å²) < 4.78 is 0. The lowest BCUT2D eigenvalue weighted by molar-refractivity contribution is -0.384. The molecule has 1 aliphatic rings. The van der Waals surface area contributed by atoms with Crippen molar-refractivity contribution in [3.8, 4) is 0 Å². The number of nitro benzene ring substituents is 1. The van der Waals surface area contributed by atoms with Crippen LogP contribution in [-0.2, 0) is 4.79 Å². The van der Waals surface area contributed by atoms with Crippen molar-refractivity contribution in [2.24, 2.45) is 0 Å². The van der Waals surface area contributed by atoms with Crippen LogP contribution in [0.25, 0.3) is 0 Å². The second kappa shape index (κ2) is 7.86. The highest BCUT2D eigenvalue weighted by Gasteiger charge is 2.25. The van der Waals surface area contributed by atoms with Gasteiger partial charge in [-0.2, -0.15) is 0 Å². The van der Waals surface area contributed by atoms with Crippen molar-refractivity contribution in [3.63, 3.8) is 0 Å². The monoisotopic (exact) mass is 368 g/mol. The molecule has 8 heteroatoms. The summed E-state index contributed by atoms with van der Waals surface area (Å²) >= 11 is 0. The second-order valence-electron chi connectivity index (χ2n) is 6.34. The number of nitro groups is 1. The van der Waals surface area contributed by atoms with E-state index in [-0.39, 0.29) is 23.2 Å². The number of hydrogen-bond donors (Lipinski definition) is 3. The summed E-state index contributed by atoms with van der Waals surface area (Å²) in [4.78, 5) is 34.6. The third-order valence-electron chi connectivity index (χ3n) is 4.14. The van der Waals surface area contributed by atoms with E-state index in [0.29, 0.717) is 23.5 Å². The zero-order valence-electron chi connectivity index (χ0n) is 14.8. The molecule has 0 spiro atoms. The van der Waals surface area contributed by atoms with Crippen molar-refractivity contribution in [2.75, 3.05) is 16.0 Å². The lowest BCUT2D eigenvalue weighted by Crippen LogP contribution is -2.13. The molecule has 1 saturated carbocycles. The highest BCUT2D eigenvalue weighted by molar-refractivity contribution is 6.05. The van der Waals surface area contributed by atoms with Crippen LogP contribution in [-0.4, -0.2) is 22.8 Å². The Balaban J connectivity index is 1.70. The minimum atomic E-state index is -0.493. The average molecular weight is 368 g/mol. The highest BCUT2D eigenvalue weighted by Crippen LogP contribution is 2.31. The molecule has 2 aromatic carbocycles. The molecule has 2 aromatic rings. The third kappa shape index (κ3) is 4.81. The fourth-order valence-electron chi connectivity index (χ4n) is 2.48. The fourth-order valence-corrected chi connectivity index (χ4v) is 2.48. The molecule has 1 aliphatic carbocycles. The first-order valence-electron chi connectivity index (χ1n) is 8.72. The maximum atomic E-state index is 12.4. The van der Waals surface area contributed by atoms with Gasteiger partial charge >= 0.3 is 0 Å². The maximum Gasteiger partial charge on any atom is 0.293 e. The second-order valence-corrected chi connectivity index (χ2v) is 6.34. The molecule has 3 rings (SSSR count). The number of nitrogens with zero attached hydrogens (tertiary/aromatic N) is 1. The van der Waals surface area contributed by atoms with Crippen molar-refractivity contribution in [1.29, 1.82) is 0 Å². The largest absolute Gasteiger partial charge is 0.377 e. The normalized spacial score (nSPS) is 12.9. The Morgan fingerprint density at radius 2 is 1.70 bits per heavy atom. The molecule has 140 valence electrons. The van der Waals surface area contributed by atoms with Gasteiger partial charge in [0.15, 0.2) is 0 Å². The van der Waals surface area contributed by atoms with E-state index >= 15 is 0 Å². The molecule has 0 aromatic heterocycles. The quantitative estimate of drug-likeness (QED) is 0.508. The first kappa shape index (κ1) is 18.4. The zero-order valence-corrected chi connectivity index (χ0v) is 14.8. The van der Waals surface area contributed by atoms with Gasteiger partial charge in [0.05, 0.1) is 4.92 Å². The van der Waals surface area contributed by atoms with Crippen LogP contribution in [0.1, 0.15) is 36.5 Å². The molecule has 8 nitrogen and oxygen atoms in total. The van der Waals surface area contributed by atoms with E-state index in [1.807, 2.05) is 0 Å². The van der Waals surface area contributed by atoms with Gasteiger partial charge in [0.25, 0.3) is 11.6 Å². The van der Waals surface area contributed by atoms with Crippen molar-refractivity contribution < 1.29 is 14.5 Å². The van der Waals surface area contributed by atoms with Crippen LogP contribution < -0.4 is 16.0 Å². The van der Waals surface area contributed by atoms with E-state index in [0.717, 1.165) is 12.8 Å². The average Bonchev–Trinajstić information content (AvgIpc) is 3.47. The van der Waals surface area contributed by atoms with Gasteiger partial charge in [-0.05, 0) is 49.2 Å². The van der Waals surface area contributed by atoms with Gasteiger partial charge in [0.2, 0.25) is 5.91 Å². The van der Waals surface area contributed by atoms with Gasteiger partial charge in [-0.15, -0.1) is 0 Å². The van der Waals surface area contributed by atoms with E-state index in [1.165, 1.54) is 6.07 Å². The molecule has 0 aliphatic heterocycles. The van der Waals surface area contributed by atoms with Crippen LogP contribution in [0.15, 0.2) is 42.5 Å². The number of benzene rings is 2. The molecule has 2 amide bonds. The fraction of sp³-hybridized carbons (Fsp3) is 0.263. The van der Waals surface area contributed by atoms with E-state index in [2.05, 4.69) is 16.0 Å². The first-order valence-corrected chi connectivity index (χ1v) is 8.72. The molecule has 0 heterocycles. The van der Waals surface area contributed by atoms with Gasteiger partial charge in [-0.3, -0.25) is 19.7 Å². The van der Waals surface area contributed by atoms with Crippen molar-refractivity contribution in [3.05, 3.63) is 58.1 Å². The molecule has 3 N–H and O–H groups in total. The number of rotatable bonds is 7. The summed E-state index contributed by atoms with van der Waals surface area (Å²) in [6.07, 6.45) is 2.37. The summed E-state index contributed by atoms with van der Waals surface area (Å²) in [6.45, 7) is 1.76. The van der Waals surface area contributed by atoms with E-state index < -0.39 is 10.8 Å². The van der Waals surface area contributed by atoms with Crippen LogP contribution in [0, 0.1) is 10.1 Å². The number of hydrogen-bond acceptors (Lipinski definition) is 5. The van der Waals surface area contributed by atoms with Gasteiger partial charge in [-0.25, -0.2) is 0 Å². The summed E-state index contributed by atoms with van der Waals surface area (Å²) in [5, 5.41) is 19.8. The summed E-state index contributed by atoms with van der Waals surface area (Å²) in [6, 6.07) is 11.3. The molecule has 0 atom stereocenters. The Labute approximate surface area is 156 Å². The topological polar surface area (TPSA) is 113 Å². The van der Waals surface area contributed by atoms with Crippen LogP contribution in [0.5, 0.6) is 0 Å². The SMILES string of the molecule is CCC(=O)Nc1ccc(NC(=O)c2ccc(NC3CC3)c([N+](=O)[O-])c2)cc1. The van der Waals surface area contributed by atoms with Crippen LogP contribution in [0.2, 0.25) is 0 Å². The van der Waals surface area contributed by atoms with E-state index in [9.17, 15) is 19.7 Å². The Bertz CT molecular complexity index is 876. The molecule has 27 heavy (non-hydrogen) atoms. The standard InChI is InChI=1S/C19H20N4O4/c1-2-18(24)21-14-6-8-15(9-7-14)22-19(25)12-3-10-16(20-13-4-5-13)17(11-12)23(26)27/h3,6-11,13,20H,2,4-5H2,1H3,(H,21,24)(H,22,25). The lowest BCUT2D eigenvalue weighted by Gasteiger charge is -2.09. The Hall–Kier alpha value is -3.42. The predicted octanol–water partition coefficient (Wildman–Crippen LogP) is 3.77. The van der Waals surface area contributed by atoms with E-state index in [1.54, 1.807) is 43.3 Å². The minimum absolute atomic E-state index is 0.0982. The van der Waals surface area contributed by atoms with Crippen LogP contribution >= 0.6 is 0 Å². The minimum Gasteiger partial charge on any atom is -0.377 e. The Morgan fingerprint density at radius 3 is 2.26 bits per heavy atom. The maximum absolute atomic E-state index is 12.4. The van der Waals surface area contributed by atoms with Crippen molar-refractivity contribution >= 4 is 34.6 Å². The van der Waals surface area contributed by atoms with Crippen LogP contribution in [0.3, 0.4) is 0 Å². The summed E-state index contributed by atoms with van der Waals surface area (Å²) in [5.41, 5.74) is 1.66. The number of nitrogens with one attached hydrogen (secondary N) is 3. The highest BCUT2D eigenvalue weighted by atomic mass is 16.6. The number of carbonyl (C=O) groups is 2. The van der Waals surface area contributed by atoms with Gasteiger partial charge < -0.3 is 16.0 Å². The van der Waals surface area contributed by atoms with Crippen molar-refractivity contribution in [1.82, 2.24) is 0 Å². The molecule has 0 radical (unpaired) electrons. The first-order chi connectivity index (χ1) is 13.0. The number of anilines is 3. The molecular formula is C19H20N4O4. The smallest absolute Gasteiger partial charge is 0.293 e. The Kier molecular flexibility index (Phi) is 5.35. The van der Waals surface area contributed by atoms with Gasteiger partial charge in [0, 0.05) is 35.5 Å². The third-order valence-corrected chi connectivity index (χ3v) is 4.14. The zero-order chi connectivity index (χ0) is 19.4. The summed E-state index contributed by atoms with van der Waals surface area (Å²) in [5.74, 6) is -0.541. The number of carbonyl (C=O) groups excluding carboxylic acids is 2. The molecular weight excluding hydrogens is 348 g/mol. The predicted molar refractivity (Wildman–Crippen MR) is 103 cm³/mol. The number of amides is 2.